The molecule has 3 rings (SSSR count). The molecule has 1 saturated heterocycles. The van der Waals surface area contributed by atoms with E-state index in [1.165, 1.54) is 12.8 Å². The van der Waals surface area contributed by atoms with E-state index in [0.29, 0.717) is 17.6 Å². The van der Waals surface area contributed by atoms with Gasteiger partial charge in [-0.3, -0.25) is 5.32 Å². The fourth-order valence-electron chi connectivity index (χ4n) is 2.80. The van der Waals surface area contributed by atoms with Crippen molar-refractivity contribution in [2.75, 3.05) is 18.4 Å². The number of nitrogens with one attached hydrogen (secondary N) is 1. The molecule has 2 aromatic heterocycles. The van der Waals surface area contributed by atoms with E-state index in [1.54, 1.807) is 23.1 Å². The number of hydrogen-bond donors (Lipinski definition) is 1. The molecule has 2 amide bonds. The van der Waals surface area contributed by atoms with Crippen LogP contribution in [0.3, 0.4) is 0 Å². The molecule has 1 unspecified atom stereocenters. The predicted octanol–water partition coefficient (Wildman–Crippen LogP) is 3.68. The van der Waals surface area contributed by atoms with Crippen molar-refractivity contribution >= 4 is 27.8 Å². The number of carbonyl (C=O) groups is 1. The molecule has 0 saturated carbocycles. The van der Waals surface area contributed by atoms with Gasteiger partial charge in [-0.1, -0.05) is 13.3 Å². The van der Waals surface area contributed by atoms with Crippen LogP contribution in [-0.4, -0.2) is 38.8 Å². The highest BCUT2D eigenvalue weighted by Gasteiger charge is 2.20. The van der Waals surface area contributed by atoms with E-state index in [9.17, 15) is 4.79 Å². The van der Waals surface area contributed by atoms with Crippen LogP contribution < -0.4 is 5.32 Å². The zero-order chi connectivity index (χ0) is 16.2. The summed E-state index contributed by atoms with van der Waals surface area (Å²) < 4.78 is 2.53. The summed E-state index contributed by atoms with van der Waals surface area (Å²) in [4.78, 5) is 18.8. The summed E-state index contributed by atoms with van der Waals surface area (Å²) >= 11 is 3.36. The smallest absolute Gasteiger partial charge is 0.323 e. The molecule has 122 valence electrons. The Morgan fingerprint density at radius 1 is 1.35 bits per heavy atom. The number of nitrogens with zero attached hydrogens (tertiary/aromatic N) is 4. The maximum atomic E-state index is 12.5. The second-order valence-electron chi connectivity index (χ2n) is 5.94. The van der Waals surface area contributed by atoms with Crippen molar-refractivity contribution in [1.82, 2.24) is 19.7 Å². The van der Waals surface area contributed by atoms with Crippen LogP contribution in [0, 0.1) is 5.92 Å². The van der Waals surface area contributed by atoms with E-state index >= 15 is 0 Å². The van der Waals surface area contributed by atoms with Crippen LogP contribution in [0.15, 0.2) is 35.1 Å². The number of carbonyl (C=O) groups excluding carboxylic acids is 1. The van der Waals surface area contributed by atoms with Gasteiger partial charge in [-0.05, 0) is 46.8 Å². The first-order valence-corrected chi connectivity index (χ1v) is 8.64. The number of aromatic nitrogens is 3. The van der Waals surface area contributed by atoms with Crippen molar-refractivity contribution in [2.24, 2.45) is 5.92 Å². The molecule has 1 atom stereocenters. The number of pyridine rings is 1. The number of halogens is 1. The average molecular weight is 378 g/mol. The summed E-state index contributed by atoms with van der Waals surface area (Å²) in [6, 6.07) is 5.45. The molecule has 0 spiro atoms. The Morgan fingerprint density at radius 3 is 3.00 bits per heavy atom. The first kappa shape index (κ1) is 16.0. The average Bonchev–Trinajstić information content (AvgIpc) is 2.87. The molecule has 1 fully saturated rings. The summed E-state index contributed by atoms with van der Waals surface area (Å²) in [6.07, 6.45) is 6.80. The van der Waals surface area contributed by atoms with Crippen molar-refractivity contribution in [3.8, 4) is 5.82 Å². The molecule has 7 heteroatoms. The van der Waals surface area contributed by atoms with E-state index in [-0.39, 0.29) is 6.03 Å². The van der Waals surface area contributed by atoms with Gasteiger partial charge in [0, 0.05) is 29.8 Å². The van der Waals surface area contributed by atoms with E-state index in [2.05, 4.69) is 38.3 Å². The summed E-state index contributed by atoms with van der Waals surface area (Å²) in [7, 11) is 0. The minimum absolute atomic E-state index is 0.0717. The van der Waals surface area contributed by atoms with E-state index in [0.717, 1.165) is 24.0 Å². The summed E-state index contributed by atoms with van der Waals surface area (Å²) in [5.74, 6) is 1.83. The van der Waals surface area contributed by atoms with E-state index in [1.807, 2.05) is 17.0 Å². The molecule has 2 aromatic rings. The first-order valence-electron chi connectivity index (χ1n) is 7.85. The quantitative estimate of drug-likeness (QED) is 0.867. The Kier molecular flexibility index (Phi) is 4.95. The van der Waals surface area contributed by atoms with Gasteiger partial charge in [0.15, 0.2) is 5.82 Å². The van der Waals surface area contributed by atoms with Crippen LogP contribution in [0.5, 0.6) is 0 Å². The van der Waals surface area contributed by atoms with E-state index < -0.39 is 0 Å². The van der Waals surface area contributed by atoms with Crippen molar-refractivity contribution in [1.29, 1.82) is 0 Å². The number of hydrogen-bond acceptors (Lipinski definition) is 3. The van der Waals surface area contributed by atoms with Gasteiger partial charge in [0.25, 0.3) is 0 Å². The largest absolute Gasteiger partial charge is 0.324 e. The third-order valence-corrected chi connectivity index (χ3v) is 4.47. The fourth-order valence-corrected chi connectivity index (χ4v) is 3.04. The molecule has 0 aliphatic carbocycles. The van der Waals surface area contributed by atoms with Crippen molar-refractivity contribution in [3.63, 3.8) is 0 Å². The highest BCUT2D eigenvalue weighted by Crippen LogP contribution is 2.18. The molecule has 1 N–H and O–H groups in total. The normalized spacial score (nSPS) is 18.5. The monoisotopic (exact) mass is 377 g/mol. The van der Waals surface area contributed by atoms with Crippen LogP contribution in [0.4, 0.5) is 10.6 Å². The second-order valence-corrected chi connectivity index (χ2v) is 6.86. The Labute approximate surface area is 144 Å². The van der Waals surface area contributed by atoms with Crippen molar-refractivity contribution in [2.45, 2.75) is 26.2 Å². The minimum Gasteiger partial charge on any atom is -0.324 e. The molecule has 1 aliphatic heterocycles. The maximum Gasteiger partial charge on any atom is 0.323 e. The number of anilines is 1. The van der Waals surface area contributed by atoms with Gasteiger partial charge in [0.2, 0.25) is 0 Å². The molecular formula is C16H20BrN5O. The lowest BCUT2D eigenvalue weighted by Gasteiger charge is -2.23. The highest BCUT2D eigenvalue weighted by atomic mass is 79.9. The summed E-state index contributed by atoms with van der Waals surface area (Å²) in [6.45, 7) is 3.80. The fraction of sp³-hybridized carbons (Fsp3) is 0.438. The Morgan fingerprint density at radius 2 is 2.22 bits per heavy atom. The van der Waals surface area contributed by atoms with Crippen LogP contribution in [0.1, 0.15) is 26.2 Å². The summed E-state index contributed by atoms with van der Waals surface area (Å²) in [5, 5.41) is 7.21. The number of amides is 2. The lowest BCUT2D eigenvalue weighted by molar-refractivity contribution is 0.207. The molecule has 1 aliphatic rings. The highest BCUT2D eigenvalue weighted by molar-refractivity contribution is 9.10. The van der Waals surface area contributed by atoms with Crippen LogP contribution in [-0.2, 0) is 0 Å². The van der Waals surface area contributed by atoms with Crippen LogP contribution in [0.2, 0.25) is 0 Å². The van der Waals surface area contributed by atoms with Crippen LogP contribution >= 0.6 is 15.9 Å². The zero-order valence-electron chi connectivity index (χ0n) is 13.1. The van der Waals surface area contributed by atoms with Gasteiger partial charge < -0.3 is 4.90 Å². The number of urea groups is 1. The predicted molar refractivity (Wildman–Crippen MR) is 92.7 cm³/mol. The summed E-state index contributed by atoms with van der Waals surface area (Å²) in [5.41, 5.74) is 0. The van der Waals surface area contributed by atoms with Crippen molar-refractivity contribution < 1.29 is 4.79 Å². The third kappa shape index (κ3) is 3.90. The number of likely N-dealkylation sites (tertiary alicyclic amines) is 1. The zero-order valence-corrected chi connectivity index (χ0v) is 14.7. The van der Waals surface area contributed by atoms with Gasteiger partial charge in [-0.25, -0.2) is 9.78 Å². The molecular weight excluding hydrogens is 358 g/mol. The molecule has 23 heavy (non-hydrogen) atoms. The lowest BCUT2D eigenvalue weighted by atomic mass is 10.1. The lowest BCUT2D eigenvalue weighted by Crippen LogP contribution is -2.37. The van der Waals surface area contributed by atoms with Crippen LogP contribution in [0.25, 0.3) is 5.82 Å². The van der Waals surface area contributed by atoms with Gasteiger partial charge in [0.1, 0.15) is 5.82 Å². The van der Waals surface area contributed by atoms with Gasteiger partial charge in [0.05, 0.1) is 6.20 Å². The molecule has 6 nitrogen and oxygen atoms in total. The standard InChI is InChI=1S/C16H20BrN5O/c1-12-4-2-3-9-21(11-12)16(23)20-15-7-8-19-22(15)14-6-5-13(17)10-18-14/h5-8,10,12H,2-4,9,11H2,1H3,(H,20,23). The maximum absolute atomic E-state index is 12.5. The molecule has 3 heterocycles. The Balaban J connectivity index is 1.74. The molecule has 0 radical (unpaired) electrons. The van der Waals surface area contributed by atoms with Gasteiger partial charge in [-0.15, -0.1) is 0 Å². The Bertz CT molecular complexity index is 669. The SMILES string of the molecule is CC1CCCCN(C(=O)Nc2ccnn2-c2ccc(Br)cn2)C1. The van der Waals surface area contributed by atoms with Crippen molar-refractivity contribution in [3.05, 3.63) is 35.1 Å². The molecule has 0 aromatic carbocycles. The Hall–Kier alpha value is -1.89. The molecule has 0 bridgehead atoms. The van der Waals surface area contributed by atoms with Gasteiger partial charge in [-0.2, -0.15) is 9.78 Å². The first-order chi connectivity index (χ1) is 11.1. The minimum atomic E-state index is -0.0717. The third-order valence-electron chi connectivity index (χ3n) is 4.00. The topological polar surface area (TPSA) is 63.1 Å². The number of rotatable bonds is 2. The van der Waals surface area contributed by atoms with E-state index in [4.69, 9.17) is 0 Å². The second kappa shape index (κ2) is 7.12. The van der Waals surface area contributed by atoms with Gasteiger partial charge >= 0.3 is 6.03 Å².